The van der Waals surface area contributed by atoms with Crippen molar-refractivity contribution in [1.29, 1.82) is 0 Å². The van der Waals surface area contributed by atoms with E-state index in [1.807, 2.05) is 6.92 Å². The molecule has 0 N–H and O–H groups in total. The molecule has 0 radical (unpaired) electrons. The van der Waals surface area contributed by atoms with E-state index in [1.165, 1.54) is 24.4 Å². The van der Waals surface area contributed by atoms with Crippen molar-refractivity contribution in [3.05, 3.63) is 64.5 Å². The molecule has 0 aliphatic carbocycles. The second-order valence-corrected chi connectivity index (χ2v) is 7.49. The van der Waals surface area contributed by atoms with E-state index < -0.39 is 15.8 Å². The van der Waals surface area contributed by atoms with Crippen LogP contribution in [0.25, 0.3) is 10.9 Å². The molecular weight excluding hydrogens is 357 g/mol. The smallest absolute Gasteiger partial charge is 0.238 e. The molecule has 0 fully saturated rings. The van der Waals surface area contributed by atoms with Gasteiger partial charge in [-0.25, -0.2) is 16.8 Å². The average Bonchev–Trinajstić information content (AvgIpc) is 2.83. The normalized spacial score (nSPS) is 12.0. The maximum atomic E-state index is 14.1. The molecule has 2 aromatic carbocycles. The first-order valence-corrected chi connectivity index (χ1v) is 8.41. The summed E-state index contributed by atoms with van der Waals surface area (Å²) in [7, 11) is -3.81. The molecule has 108 valence electrons. The molecule has 3 rings (SSSR count). The van der Waals surface area contributed by atoms with Crippen LogP contribution >= 0.6 is 15.9 Å². The Labute approximate surface area is 130 Å². The molecule has 0 atom stereocenters. The maximum Gasteiger partial charge on any atom is 0.268 e. The Morgan fingerprint density at radius 1 is 1.10 bits per heavy atom. The summed E-state index contributed by atoms with van der Waals surface area (Å²) in [5.41, 5.74) is 1.01. The van der Waals surface area contributed by atoms with Gasteiger partial charge in [0.2, 0.25) is 0 Å². The molecule has 0 amide bonds. The third-order valence-corrected chi connectivity index (χ3v) is 5.39. The Morgan fingerprint density at radius 3 is 2.43 bits per heavy atom. The van der Waals surface area contributed by atoms with Crippen LogP contribution in [0.5, 0.6) is 0 Å². The van der Waals surface area contributed by atoms with Crippen molar-refractivity contribution in [1.82, 2.24) is 3.97 Å². The third-order valence-electron chi connectivity index (χ3n) is 3.25. The summed E-state index contributed by atoms with van der Waals surface area (Å²) < 4.78 is 41.0. The number of benzene rings is 2. The van der Waals surface area contributed by atoms with E-state index in [-0.39, 0.29) is 10.4 Å². The maximum absolute atomic E-state index is 14.1. The molecule has 0 spiro atoms. The summed E-state index contributed by atoms with van der Waals surface area (Å²) >= 11 is 3.20. The molecule has 1 aromatic heterocycles. The van der Waals surface area contributed by atoms with Crippen molar-refractivity contribution >= 4 is 36.9 Å². The number of aromatic nitrogens is 1. The predicted octanol–water partition coefficient (Wildman–Crippen LogP) is 4.09. The van der Waals surface area contributed by atoms with E-state index >= 15 is 0 Å². The number of nitrogens with zero attached hydrogens (tertiary/aromatic N) is 1. The van der Waals surface area contributed by atoms with Crippen LogP contribution in [-0.2, 0) is 10.0 Å². The number of halogens is 2. The molecule has 0 saturated carbocycles. The molecule has 0 unspecified atom stereocenters. The minimum atomic E-state index is -3.81. The Bertz CT molecular complexity index is 930. The lowest BCUT2D eigenvalue weighted by atomic mass is 10.2. The second kappa shape index (κ2) is 4.96. The summed E-state index contributed by atoms with van der Waals surface area (Å²) in [5, 5.41) is 0.526. The fraction of sp³-hybridized carbons (Fsp3) is 0.0667. The van der Waals surface area contributed by atoms with Crippen LogP contribution in [-0.4, -0.2) is 12.4 Å². The van der Waals surface area contributed by atoms with Gasteiger partial charge in [-0.3, -0.25) is 0 Å². The van der Waals surface area contributed by atoms with Crippen LogP contribution in [0.4, 0.5) is 4.39 Å². The van der Waals surface area contributed by atoms with E-state index in [1.54, 1.807) is 24.3 Å². The highest BCUT2D eigenvalue weighted by molar-refractivity contribution is 9.10. The van der Waals surface area contributed by atoms with Crippen LogP contribution in [0, 0.1) is 12.7 Å². The van der Waals surface area contributed by atoms with Crippen molar-refractivity contribution in [3.63, 3.8) is 0 Å². The number of fused-ring (bicyclic) bond motifs is 1. The molecule has 1 heterocycles. The van der Waals surface area contributed by atoms with Gasteiger partial charge in [-0.1, -0.05) is 33.6 Å². The average molecular weight is 368 g/mol. The minimum absolute atomic E-state index is 0.0544. The summed E-state index contributed by atoms with van der Waals surface area (Å²) in [6.07, 6.45) is 1.37. The van der Waals surface area contributed by atoms with Gasteiger partial charge in [0.1, 0.15) is 5.82 Å². The van der Waals surface area contributed by atoms with Crippen LogP contribution in [0.1, 0.15) is 5.56 Å². The summed E-state index contributed by atoms with van der Waals surface area (Å²) in [6.45, 7) is 1.87. The first-order chi connectivity index (χ1) is 9.89. The SMILES string of the molecule is Cc1ccc(S(=O)(=O)n2ccc3cc(Br)cc(F)c32)cc1. The zero-order valence-corrected chi connectivity index (χ0v) is 13.4. The van der Waals surface area contributed by atoms with Gasteiger partial charge >= 0.3 is 0 Å². The van der Waals surface area contributed by atoms with E-state index in [9.17, 15) is 12.8 Å². The molecule has 0 saturated heterocycles. The summed E-state index contributed by atoms with van der Waals surface area (Å²) in [6, 6.07) is 11.0. The standard InChI is InChI=1S/C15H11BrFNO2S/c1-10-2-4-13(5-3-10)21(19,20)18-7-6-11-8-12(16)9-14(17)15(11)18/h2-9H,1H3. The predicted molar refractivity (Wildman–Crippen MR) is 83.4 cm³/mol. The first-order valence-electron chi connectivity index (χ1n) is 6.18. The van der Waals surface area contributed by atoms with Gasteiger partial charge in [0.25, 0.3) is 10.0 Å². The number of hydrogen-bond donors (Lipinski definition) is 0. The zero-order chi connectivity index (χ0) is 15.2. The van der Waals surface area contributed by atoms with Crippen LogP contribution in [0.2, 0.25) is 0 Å². The van der Waals surface area contributed by atoms with Crippen molar-refractivity contribution in [2.75, 3.05) is 0 Å². The largest absolute Gasteiger partial charge is 0.268 e. The number of hydrogen-bond acceptors (Lipinski definition) is 2. The Kier molecular flexibility index (Phi) is 3.37. The fourth-order valence-corrected chi connectivity index (χ4v) is 4.00. The lowest BCUT2D eigenvalue weighted by Crippen LogP contribution is -2.12. The molecule has 0 aliphatic rings. The Morgan fingerprint density at radius 2 is 1.76 bits per heavy atom. The zero-order valence-electron chi connectivity index (χ0n) is 11.0. The molecular formula is C15H11BrFNO2S. The van der Waals surface area contributed by atoms with Gasteiger partial charge in [0.05, 0.1) is 10.4 Å². The van der Waals surface area contributed by atoms with Crippen LogP contribution in [0.3, 0.4) is 0 Å². The molecule has 0 aliphatic heterocycles. The van der Waals surface area contributed by atoms with Gasteiger partial charge in [0.15, 0.2) is 0 Å². The molecule has 3 aromatic rings. The number of aryl methyl sites for hydroxylation is 1. The highest BCUT2D eigenvalue weighted by Crippen LogP contribution is 2.27. The highest BCUT2D eigenvalue weighted by atomic mass is 79.9. The van der Waals surface area contributed by atoms with Crippen LogP contribution < -0.4 is 0 Å². The van der Waals surface area contributed by atoms with Crippen molar-refractivity contribution in [3.8, 4) is 0 Å². The van der Waals surface area contributed by atoms with Gasteiger partial charge in [-0.05, 0) is 37.3 Å². The third kappa shape index (κ3) is 2.38. The van der Waals surface area contributed by atoms with Gasteiger partial charge < -0.3 is 0 Å². The molecule has 0 bridgehead atoms. The van der Waals surface area contributed by atoms with Crippen molar-refractivity contribution < 1.29 is 12.8 Å². The number of rotatable bonds is 2. The summed E-state index contributed by atoms with van der Waals surface area (Å²) in [4.78, 5) is 0.132. The Balaban J connectivity index is 2.27. The second-order valence-electron chi connectivity index (χ2n) is 4.76. The van der Waals surface area contributed by atoms with Crippen LogP contribution in [0.15, 0.2) is 58.0 Å². The Hall–Kier alpha value is -1.66. The van der Waals surface area contributed by atoms with E-state index in [2.05, 4.69) is 15.9 Å². The molecule has 3 nitrogen and oxygen atoms in total. The van der Waals surface area contributed by atoms with E-state index in [0.29, 0.717) is 9.86 Å². The highest BCUT2D eigenvalue weighted by Gasteiger charge is 2.20. The minimum Gasteiger partial charge on any atom is -0.238 e. The quantitative estimate of drug-likeness (QED) is 0.684. The van der Waals surface area contributed by atoms with Gasteiger partial charge in [-0.2, -0.15) is 0 Å². The van der Waals surface area contributed by atoms with E-state index in [4.69, 9.17) is 0 Å². The van der Waals surface area contributed by atoms with E-state index in [0.717, 1.165) is 9.54 Å². The fourth-order valence-electron chi connectivity index (χ4n) is 2.19. The van der Waals surface area contributed by atoms with Crippen molar-refractivity contribution in [2.45, 2.75) is 11.8 Å². The lowest BCUT2D eigenvalue weighted by Gasteiger charge is -2.08. The molecule has 21 heavy (non-hydrogen) atoms. The van der Waals surface area contributed by atoms with Gasteiger partial charge in [0, 0.05) is 16.1 Å². The van der Waals surface area contributed by atoms with Crippen molar-refractivity contribution in [2.24, 2.45) is 0 Å². The molecule has 6 heteroatoms. The monoisotopic (exact) mass is 367 g/mol. The van der Waals surface area contributed by atoms with Gasteiger partial charge in [-0.15, -0.1) is 0 Å². The first kappa shape index (κ1) is 14.3. The topological polar surface area (TPSA) is 39.1 Å². The lowest BCUT2D eigenvalue weighted by molar-refractivity contribution is 0.586. The summed E-state index contributed by atoms with van der Waals surface area (Å²) in [5.74, 6) is -0.583.